The number of aliphatic hydroxyl groups excluding tert-OH is 1. The van der Waals surface area contributed by atoms with Crippen molar-refractivity contribution in [1.82, 2.24) is 4.98 Å². The molecule has 0 radical (unpaired) electrons. The number of aliphatic hydroxyl groups is 1. The van der Waals surface area contributed by atoms with Crippen molar-refractivity contribution in [2.45, 2.75) is 25.8 Å². The van der Waals surface area contributed by atoms with Gasteiger partial charge in [0.1, 0.15) is 11.4 Å². The molecule has 0 unspecified atom stereocenters. The third-order valence-electron chi connectivity index (χ3n) is 2.41. The SMILES string of the molecule is COC(=O)c1cccnc1NC(C)(C)CCO. The molecule has 2 N–H and O–H groups in total. The molecule has 0 aliphatic carbocycles. The molecule has 1 rings (SSSR count). The van der Waals surface area contributed by atoms with Gasteiger partial charge >= 0.3 is 5.97 Å². The summed E-state index contributed by atoms with van der Waals surface area (Å²) in [5.41, 5.74) is 0.0484. The number of pyridine rings is 1. The second-order valence-corrected chi connectivity index (χ2v) is 4.37. The Balaban J connectivity index is 2.94. The van der Waals surface area contributed by atoms with Crippen molar-refractivity contribution in [3.63, 3.8) is 0 Å². The van der Waals surface area contributed by atoms with Gasteiger partial charge in [-0.3, -0.25) is 0 Å². The Morgan fingerprint density at radius 1 is 1.59 bits per heavy atom. The molecular weight excluding hydrogens is 220 g/mol. The number of esters is 1. The van der Waals surface area contributed by atoms with E-state index in [-0.39, 0.29) is 12.1 Å². The van der Waals surface area contributed by atoms with Crippen molar-refractivity contribution < 1.29 is 14.6 Å². The van der Waals surface area contributed by atoms with Crippen molar-refractivity contribution in [2.75, 3.05) is 19.0 Å². The lowest BCUT2D eigenvalue weighted by Crippen LogP contribution is -2.33. The van der Waals surface area contributed by atoms with Crippen LogP contribution in [0.4, 0.5) is 5.82 Å². The molecule has 1 heterocycles. The molecule has 5 nitrogen and oxygen atoms in total. The molecule has 0 spiro atoms. The number of rotatable bonds is 5. The average Bonchev–Trinajstić information content (AvgIpc) is 2.28. The van der Waals surface area contributed by atoms with Gasteiger partial charge in [0.25, 0.3) is 0 Å². The van der Waals surface area contributed by atoms with E-state index in [0.717, 1.165) is 0 Å². The Kier molecular flexibility index (Phi) is 4.45. The van der Waals surface area contributed by atoms with E-state index in [1.807, 2.05) is 13.8 Å². The Bertz CT molecular complexity index is 391. The predicted molar refractivity (Wildman–Crippen MR) is 65.0 cm³/mol. The highest BCUT2D eigenvalue weighted by atomic mass is 16.5. The second-order valence-electron chi connectivity index (χ2n) is 4.37. The third-order valence-corrected chi connectivity index (χ3v) is 2.41. The molecule has 0 amide bonds. The standard InChI is InChI=1S/C12H18N2O3/c1-12(2,6-8-15)14-10-9(11(16)17-3)5-4-7-13-10/h4-5,7,15H,6,8H2,1-3H3,(H,13,14). The summed E-state index contributed by atoms with van der Waals surface area (Å²) in [5.74, 6) is 0.0400. The van der Waals surface area contributed by atoms with Crippen molar-refractivity contribution in [2.24, 2.45) is 0 Å². The number of nitrogens with one attached hydrogen (secondary N) is 1. The summed E-state index contributed by atoms with van der Waals surface area (Å²) in [7, 11) is 1.33. The Morgan fingerprint density at radius 3 is 2.88 bits per heavy atom. The molecule has 0 saturated carbocycles. The summed E-state index contributed by atoms with van der Waals surface area (Å²) in [5, 5.41) is 12.1. The van der Waals surface area contributed by atoms with Gasteiger partial charge < -0.3 is 15.2 Å². The largest absolute Gasteiger partial charge is 0.465 e. The van der Waals surface area contributed by atoms with Crippen molar-refractivity contribution >= 4 is 11.8 Å². The van der Waals surface area contributed by atoms with Crippen LogP contribution in [-0.2, 0) is 4.74 Å². The molecule has 0 fully saturated rings. The summed E-state index contributed by atoms with van der Waals surface area (Å²) in [6.45, 7) is 3.93. The summed E-state index contributed by atoms with van der Waals surface area (Å²) in [6.07, 6.45) is 2.16. The van der Waals surface area contributed by atoms with Crippen LogP contribution >= 0.6 is 0 Å². The molecule has 1 aromatic rings. The van der Waals surface area contributed by atoms with Gasteiger partial charge in [-0.25, -0.2) is 9.78 Å². The molecule has 17 heavy (non-hydrogen) atoms. The highest BCUT2D eigenvalue weighted by molar-refractivity contribution is 5.94. The van der Waals surface area contributed by atoms with Gasteiger partial charge in [-0.2, -0.15) is 0 Å². The lowest BCUT2D eigenvalue weighted by atomic mass is 10.0. The minimum Gasteiger partial charge on any atom is -0.465 e. The second kappa shape index (κ2) is 5.63. The van der Waals surface area contributed by atoms with Gasteiger partial charge in [-0.1, -0.05) is 0 Å². The van der Waals surface area contributed by atoms with E-state index in [4.69, 9.17) is 5.11 Å². The number of methoxy groups -OCH3 is 1. The van der Waals surface area contributed by atoms with E-state index in [0.29, 0.717) is 17.8 Å². The molecule has 94 valence electrons. The van der Waals surface area contributed by atoms with Crippen LogP contribution in [0, 0.1) is 0 Å². The van der Waals surface area contributed by atoms with E-state index in [2.05, 4.69) is 15.0 Å². The minimum atomic E-state index is -0.430. The first-order valence-corrected chi connectivity index (χ1v) is 5.42. The maximum Gasteiger partial charge on any atom is 0.341 e. The summed E-state index contributed by atoms with van der Waals surface area (Å²) >= 11 is 0. The predicted octanol–water partition coefficient (Wildman–Crippen LogP) is 1.44. The fraction of sp³-hybridized carbons (Fsp3) is 0.500. The number of aromatic nitrogens is 1. The zero-order valence-corrected chi connectivity index (χ0v) is 10.4. The van der Waals surface area contributed by atoms with Crippen LogP contribution in [0.5, 0.6) is 0 Å². The fourth-order valence-electron chi connectivity index (χ4n) is 1.44. The summed E-state index contributed by atoms with van der Waals surface area (Å²) in [6, 6.07) is 3.33. The van der Waals surface area contributed by atoms with Crippen LogP contribution in [0.15, 0.2) is 18.3 Å². The normalized spacial score (nSPS) is 11.1. The first-order chi connectivity index (χ1) is 8.00. The molecular formula is C12H18N2O3. The maximum atomic E-state index is 11.5. The van der Waals surface area contributed by atoms with Gasteiger partial charge in [0, 0.05) is 18.3 Å². The topological polar surface area (TPSA) is 71.5 Å². The fourth-order valence-corrected chi connectivity index (χ4v) is 1.44. The molecule has 1 aromatic heterocycles. The molecule has 0 aliphatic heterocycles. The number of ether oxygens (including phenoxy) is 1. The third kappa shape index (κ3) is 3.71. The van der Waals surface area contributed by atoms with Crippen molar-refractivity contribution in [3.05, 3.63) is 23.9 Å². The van der Waals surface area contributed by atoms with Crippen LogP contribution in [0.25, 0.3) is 0 Å². The molecule has 0 aromatic carbocycles. The molecule has 5 heteroatoms. The Hall–Kier alpha value is -1.62. The number of hydrogen-bond acceptors (Lipinski definition) is 5. The first kappa shape index (κ1) is 13.4. The number of hydrogen-bond donors (Lipinski definition) is 2. The van der Waals surface area contributed by atoms with Crippen LogP contribution in [0.3, 0.4) is 0 Å². The smallest absolute Gasteiger partial charge is 0.341 e. The lowest BCUT2D eigenvalue weighted by molar-refractivity contribution is 0.0601. The average molecular weight is 238 g/mol. The van der Waals surface area contributed by atoms with Crippen molar-refractivity contribution in [3.8, 4) is 0 Å². The van der Waals surface area contributed by atoms with Crippen molar-refractivity contribution in [1.29, 1.82) is 0 Å². The number of carbonyl (C=O) groups is 1. The van der Waals surface area contributed by atoms with Crippen LogP contribution in [0.2, 0.25) is 0 Å². The van der Waals surface area contributed by atoms with Gasteiger partial charge in [-0.15, -0.1) is 0 Å². The molecule has 0 aliphatic rings. The molecule has 0 bridgehead atoms. The van der Waals surface area contributed by atoms with Gasteiger partial charge in [0.2, 0.25) is 0 Å². The number of carbonyl (C=O) groups excluding carboxylic acids is 1. The summed E-state index contributed by atoms with van der Waals surface area (Å²) < 4.78 is 4.68. The lowest BCUT2D eigenvalue weighted by Gasteiger charge is -2.26. The summed E-state index contributed by atoms with van der Waals surface area (Å²) in [4.78, 5) is 15.6. The van der Waals surface area contributed by atoms with Crippen LogP contribution in [-0.4, -0.2) is 35.3 Å². The highest BCUT2D eigenvalue weighted by Crippen LogP contribution is 2.20. The molecule has 0 atom stereocenters. The maximum absolute atomic E-state index is 11.5. The van der Waals surface area contributed by atoms with E-state index < -0.39 is 5.97 Å². The van der Waals surface area contributed by atoms with E-state index in [1.165, 1.54) is 7.11 Å². The monoisotopic (exact) mass is 238 g/mol. The van der Waals surface area contributed by atoms with E-state index >= 15 is 0 Å². The number of anilines is 1. The van der Waals surface area contributed by atoms with Gasteiger partial charge in [-0.05, 0) is 32.4 Å². The first-order valence-electron chi connectivity index (χ1n) is 5.42. The zero-order valence-electron chi connectivity index (χ0n) is 10.4. The van der Waals surface area contributed by atoms with Gasteiger partial charge in [0.05, 0.1) is 7.11 Å². The zero-order chi connectivity index (χ0) is 12.9. The molecule has 0 saturated heterocycles. The highest BCUT2D eigenvalue weighted by Gasteiger charge is 2.21. The minimum absolute atomic E-state index is 0.0698. The van der Waals surface area contributed by atoms with E-state index in [1.54, 1.807) is 18.3 Å². The van der Waals surface area contributed by atoms with Gasteiger partial charge in [0.15, 0.2) is 0 Å². The number of nitrogens with zero attached hydrogens (tertiary/aromatic N) is 1. The van der Waals surface area contributed by atoms with Crippen LogP contribution < -0.4 is 5.32 Å². The quantitative estimate of drug-likeness (QED) is 0.759. The van der Waals surface area contributed by atoms with E-state index in [9.17, 15) is 4.79 Å². The Labute approximate surface area is 101 Å². The Morgan fingerprint density at radius 2 is 2.29 bits per heavy atom. The van der Waals surface area contributed by atoms with Crippen LogP contribution in [0.1, 0.15) is 30.6 Å².